The van der Waals surface area contributed by atoms with E-state index in [1.54, 1.807) is 12.4 Å². The standard InChI is InChI=1S/C24H23N5OS/c1-16-9-10-17(23(30)26-19-7-4-8-20(13-19)29(2)3)12-21(16)27-24-28-22(15-31-24)18-6-5-11-25-14-18/h4-15H,1-3H3,(H,26,30)(H,27,28). The fraction of sp³-hybridized carbons (Fsp3) is 0.125. The molecule has 2 heterocycles. The topological polar surface area (TPSA) is 70.2 Å². The Morgan fingerprint density at radius 2 is 1.94 bits per heavy atom. The van der Waals surface area contributed by atoms with E-state index >= 15 is 0 Å². The number of hydrogen-bond acceptors (Lipinski definition) is 6. The monoisotopic (exact) mass is 429 g/mol. The minimum atomic E-state index is -0.158. The van der Waals surface area contributed by atoms with E-state index < -0.39 is 0 Å². The summed E-state index contributed by atoms with van der Waals surface area (Å²) < 4.78 is 0. The Balaban J connectivity index is 1.51. The molecule has 0 saturated carbocycles. The number of pyridine rings is 1. The van der Waals surface area contributed by atoms with Crippen molar-refractivity contribution in [2.75, 3.05) is 29.6 Å². The molecule has 0 unspecified atom stereocenters. The molecule has 0 radical (unpaired) electrons. The first-order valence-corrected chi connectivity index (χ1v) is 10.7. The van der Waals surface area contributed by atoms with Crippen LogP contribution < -0.4 is 15.5 Å². The van der Waals surface area contributed by atoms with Crippen LogP contribution in [0.2, 0.25) is 0 Å². The molecule has 1 amide bonds. The van der Waals surface area contributed by atoms with Crippen LogP contribution in [0.25, 0.3) is 11.3 Å². The molecule has 0 saturated heterocycles. The second-order valence-electron chi connectivity index (χ2n) is 7.33. The van der Waals surface area contributed by atoms with Gasteiger partial charge in [-0.1, -0.05) is 12.1 Å². The third-order valence-electron chi connectivity index (χ3n) is 4.82. The lowest BCUT2D eigenvalue weighted by Crippen LogP contribution is -2.13. The van der Waals surface area contributed by atoms with E-state index in [1.807, 2.05) is 85.9 Å². The zero-order valence-electron chi connectivity index (χ0n) is 17.6. The second kappa shape index (κ2) is 8.97. The highest BCUT2D eigenvalue weighted by Gasteiger charge is 2.11. The highest BCUT2D eigenvalue weighted by atomic mass is 32.1. The highest BCUT2D eigenvalue weighted by molar-refractivity contribution is 7.14. The summed E-state index contributed by atoms with van der Waals surface area (Å²) in [4.78, 5) is 23.6. The number of nitrogens with one attached hydrogen (secondary N) is 2. The summed E-state index contributed by atoms with van der Waals surface area (Å²) in [7, 11) is 3.94. The zero-order chi connectivity index (χ0) is 21.8. The van der Waals surface area contributed by atoms with Crippen LogP contribution in [0.3, 0.4) is 0 Å². The predicted octanol–water partition coefficient (Wildman–Crippen LogP) is 5.58. The van der Waals surface area contributed by atoms with Crippen LogP contribution in [0.1, 0.15) is 15.9 Å². The van der Waals surface area contributed by atoms with Crippen molar-refractivity contribution in [1.29, 1.82) is 0 Å². The molecule has 156 valence electrons. The third-order valence-corrected chi connectivity index (χ3v) is 5.58. The molecule has 2 aromatic heterocycles. The van der Waals surface area contributed by atoms with Crippen LogP contribution in [0.15, 0.2) is 72.4 Å². The SMILES string of the molecule is Cc1ccc(C(=O)Nc2cccc(N(C)C)c2)cc1Nc1nc(-c2cccnc2)cs1. The largest absolute Gasteiger partial charge is 0.378 e. The summed E-state index contributed by atoms with van der Waals surface area (Å²) in [6, 6.07) is 17.2. The molecule has 0 spiro atoms. The number of carbonyl (C=O) groups is 1. The van der Waals surface area contributed by atoms with Crippen LogP contribution in [-0.4, -0.2) is 30.0 Å². The average molecular weight is 430 g/mol. The van der Waals surface area contributed by atoms with Gasteiger partial charge in [-0.05, 0) is 55.0 Å². The quantitative estimate of drug-likeness (QED) is 0.419. The van der Waals surface area contributed by atoms with Crippen LogP contribution >= 0.6 is 11.3 Å². The van der Waals surface area contributed by atoms with Crippen LogP contribution in [0, 0.1) is 6.92 Å². The molecule has 2 aromatic carbocycles. The number of anilines is 4. The van der Waals surface area contributed by atoms with Crippen molar-refractivity contribution >= 4 is 39.4 Å². The van der Waals surface area contributed by atoms with Crippen molar-refractivity contribution in [3.8, 4) is 11.3 Å². The summed E-state index contributed by atoms with van der Waals surface area (Å²) in [6.45, 7) is 2.00. The Hall–Kier alpha value is -3.71. The van der Waals surface area contributed by atoms with Gasteiger partial charge in [-0.2, -0.15) is 0 Å². The van der Waals surface area contributed by atoms with E-state index in [2.05, 4.69) is 20.6 Å². The van der Waals surface area contributed by atoms with Gasteiger partial charge in [0.15, 0.2) is 5.13 Å². The van der Waals surface area contributed by atoms with Crippen molar-refractivity contribution < 1.29 is 4.79 Å². The molecule has 0 aliphatic rings. The van der Waals surface area contributed by atoms with Crippen LogP contribution in [-0.2, 0) is 0 Å². The summed E-state index contributed by atoms with van der Waals surface area (Å²) in [5.74, 6) is -0.158. The molecular formula is C24H23N5OS. The fourth-order valence-electron chi connectivity index (χ4n) is 3.06. The average Bonchev–Trinajstić information content (AvgIpc) is 3.24. The number of nitrogens with zero attached hydrogens (tertiary/aromatic N) is 3. The zero-order valence-corrected chi connectivity index (χ0v) is 18.4. The normalized spacial score (nSPS) is 10.5. The molecule has 0 atom stereocenters. The second-order valence-corrected chi connectivity index (χ2v) is 8.19. The van der Waals surface area contributed by atoms with Gasteiger partial charge in [0.05, 0.1) is 5.69 Å². The van der Waals surface area contributed by atoms with Crippen LogP contribution in [0.5, 0.6) is 0 Å². The maximum Gasteiger partial charge on any atom is 0.255 e. The maximum atomic E-state index is 12.8. The van der Waals surface area contributed by atoms with Gasteiger partial charge in [0, 0.05) is 60.1 Å². The summed E-state index contributed by atoms with van der Waals surface area (Å²) in [5.41, 5.74) is 6.08. The van der Waals surface area contributed by atoms with Crippen molar-refractivity contribution in [2.24, 2.45) is 0 Å². The Kier molecular flexibility index (Phi) is 5.95. The molecule has 7 heteroatoms. The lowest BCUT2D eigenvalue weighted by atomic mass is 10.1. The molecular weight excluding hydrogens is 406 g/mol. The van der Waals surface area contributed by atoms with Gasteiger partial charge in [0.1, 0.15) is 0 Å². The number of thiazole rings is 1. The smallest absolute Gasteiger partial charge is 0.255 e. The van der Waals surface area contributed by atoms with E-state index in [9.17, 15) is 4.79 Å². The molecule has 31 heavy (non-hydrogen) atoms. The minimum Gasteiger partial charge on any atom is -0.378 e. The van der Waals surface area contributed by atoms with Gasteiger partial charge in [-0.15, -0.1) is 11.3 Å². The van der Waals surface area contributed by atoms with Crippen LogP contribution in [0.4, 0.5) is 22.2 Å². The minimum absolute atomic E-state index is 0.158. The number of hydrogen-bond donors (Lipinski definition) is 2. The first kappa shape index (κ1) is 20.6. The van der Waals surface area contributed by atoms with E-state index in [0.717, 1.165) is 39.0 Å². The molecule has 0 aliphatic carbocycles. The van der Waals surface area contributed by atoms with Gasteiger partial charge in [-0.25, -0.2) is 4.98 Å². The lowest BCUT2D eigenvalue weighted by molar-refractivity contribution is 0.102. The fourth-order valence-corrected chi connectivity index (χ4v) is 3.79. The lowest BCUT2D eigenvalue weighted by Gasteiger charge is -2.14. The van der Waals surface area contributed by atoms with E-state index in [4.69, 9.17) is 0 Å². The molecule has 0 aliphatic heterocycles. The number of aryl methyl sites for hydroxylation is 1. The van der Waals surface area contributed by atoms with E-state index in [0.29, 0.717) is 5.56 Å². The van der Waals surface area contributed by atoms with Gasteiger partial charge in [0.25, 0.3) is 5.91 Å². The molecule has 6 nitrogen and oxygen atoms in total. The number of rotatable bonds is 6. The summed E-state index contributed by atoms with van der Waals surface area (Å²) in [5, 5.41) is 9.07. The Morgan fingerprint density at radius 3 is 2.71 bits per heavy atom. The Labute approximate surface area is 185 Å². The number of benzene rings is 2. The molecule has 2 N–H and O–H groups in total. The van der Waals surface area contributed by atoms with Crippen molar-refractivity contribution in [3.63, 3.8) is 0 Å². The summed E-state index contributed by atoms with van der Waals surface area (Å²) in [6.07, 6.45) is 3.53. The number of aromatic nitrogens is 2. The molecule has 4 aromatic rings. The highest BCUT2D eigenvalue weighted by Crippen LogP contribution is 2.28. The molecule has 4 rings (SSSR count). The van der Waals surface area contributed by atoms with Gasteiger partial charge in [0.2, 0.25) is 0 Å². The first-order chi connectivity index (χ1) is 15.0. The van der Waals surface area contributed by atoms with Crippen molar-refractivity contribution in [1.82, 2.24) is 9.97 Å². The summed E-state index contributed by atoms with van der Waals surface area (Å²) >= 11 is 1.51. The number of amides is 1. The van der Waals surface area contributed by atoms with Gasteiger partial charge >= 0.3 is 0 Å². The first-order valence-electron chi connectivity index (χ1n) is 9.82. The van der Waals surface area contributed by atoms with Gasteiger partial charge < -0.3 is 15.5 Å². The number of carbonyl (C=O) groups excluding carboxylic acids is 1. The van der Waals surface area contributed by atoms with Crippen molar-refractivity contribution in [2.45, 2.75) is 6.92 Å². The third kappa shape index (κ3) is 4.90. The Bertz CT molecular complexity index is 1200. The van der Waals surface area contributed by atoms with E-state index in [-0.39, 0.29) is 5.91 Å². The molecule has 0 bridgehead atoms. The molecule has 0 fully saturated rings. The predicted molar refractivity (Wildman–Crippen MR) is 129 cm³/mol. The van der Waals surface area contributed by atoms with E-state index in [1.165, 1.54) is 11.3 Å². The maximum absolute atomic E-state index is 12.8. The van der Waals surface area contributed by atoms with Crippen molar-refractivity contribution in [3.05, 3.63) is 83.5 Å². The Morgan fingerprint density at radius 1 is 1.06 bits per heavy atom. The van der Waals surface area contributed by atoms with Gasteiger partial charge in [-0.3, -0.25) is 9.78 Å².